The first-order valence-electron chi connectivity index (χ1n) is 7.07. The SMILES string of the molecule is CC(C)NCc1cnc(N2CCc3sccc3C2)nc1. The summed E-state index contributed by atoms with van der Waals surface area (Å²) in [6.07, 6.45) is 4.97. The van der Waals surface area contributed by atoms with Gasteiger partial charge in [-0.1, -0.05) is 13.8 Å². The fourth-order valence-electron chi connectivity index (χ4n) is 2.34. The van der Waals surface area contributed by atoms with Crippen LogP contribution in [0.2, 0.25) is 0 Å². The van der Waals surface area contributed by atoms with E-state index in [0.717, 1.165) is 37.6 Å². The van der Waals surface area contributed by atoms with Gasteiger partial charge in [-0.25, -0.2) is 9.97 Å². The van der Waals surface area contributed by atoms with Crippen molar-refractivity contribution in [3.8, 4) is 0 Å². The minimum absolute atomic E-state index is 0.480. The molecule has 0 aliphatic carbocycles. The van der Waals surface area contributed by atoms with E-state index in [9.17, 15) is 0 Å². The minimum atomic E-state index is 0.480. The summed E-state index contributed by atoms with van der Waals surface area (Å²) in [7, 11) is 0. The number of anilines is 1. The fourth-order valence-corrected chi connectivity index (χ4v) is 3.23. The molecule has 5 heteroatoms. The third kappa shape index (κ3) is 2.99. The van der Waals surface area contributed by atoms with Gasteiger partial charge in [0.1, 0.15) is 0 Å². The van der Waals surface area contributed by atoms with Gasteiger partial charge in [0.05, 0.1) is 0 Å². The van der Waals surface area contributed by atoms with Crippen molar-refractivity contribution in [2.75, 3.05) is 11.4 Å². The molecule has 0 amide bonds. The van der Waals surface area contributed by atoms with Gasteiger partial charge in [0, 0.05) is 48.5 Å². The minimum Gasteiger partial charge on any atom is -0.336 e. The maximum atomic E-state index is 4.52. The Bertz CT molecular complexity index is 562. The lowest BCUT2D eigenvalue weighted by Gasteiger charge is -2.26. The largest absolute Gasteiger partial charge is 0.336 e. The lowest BCUT2D eigenvalue weighted by Crippen LogP contribution is -2.31. The highest BCUT2D eigenvalue weighted by Gasteiger charge is 2.18. The molecule has 0 radical (unpaired) electrons. The van der Waals surface area contributed by atoms with E-state index in [2.05, 4.69) is 45.5 Å². The van der Waals surface area contributed by atoms with Gasteiger partial charge in [0.2, 0.25) is 5.95 Å². The predicted molar refractivity (Wildman–Crippen MR) is 83.1 cm³/mol. The van der Waals surface area contributed by atoms with Crippen molar-refractivity contribution in [2.45, 2.75) is 39.4 Å². The van der Waals surface area contributed by atoms with Crippen LogP contribution in [0.4, 0.5) is 5.95 Å². The van der Waals surface area contributed by atoms with Gasteiger partial charge in [0.25, 0.3) is 0 Å². The van der Waals surface area contributed by atoms with E-state index in [0.29, 0.717) is 6.04 Å². The highest BCUT2D eigenvalue weighted by Crippen LogP contribution is 2.25. The molecule has 0 fully saturated rings. The smallest absolute Gasteiger partial charge is 0.225 e. The van der Waals surface area contributed by atoms with Crippen molar-refractivity contribution in [1.29, 1.82) is 0 Å². The number of fused-ring (bicyclic) bond motifs is 1. The Balaban J connectivity index is 1.66. The topological polar surface area (TPSA) is 41.1 Å². The van der Waals surface area contributed by atoms with Crippen molar-refractivity contribution >= 4 is 17.3 Å². The molecule has 0 aromatic carbocycles. The van der Waals surface area contributed by atoms with Crippen LogP contribution in [0.15, 0.2) is 23.8 Å². The summed E-state index contributed by atoms with van der Waals surface area (Å²) in [5.74, 6) is 0.843. The van der Waals surface area contributed by atoms with Crippen LogP contribution in [0, 0.1) is 0 Å². The lowest BCUT2D eigenvalue weighted by atomic mass is 10.1. The maximum Gasteiger partial charge on any atom is 0.225 e. The summed E-state index contributed by atoms with van der Waals surface area (Å²) in [6, 6.07) is 2.70. The van der Waals surface area contributed by atoms with Crippen molar-refractivity contribution in [1.82, 2.24) is 15.3 Å². The standard InChI is InChI=1S/C15H20N4S/c1-11(2)16-7-12-8-17-15(18-9-12)19-5-3-14-13(10-19)4-6-20-14/h4,6,8-9,11,16H,3,5,7,10H2,1-2H3. The lowest BCUT2D eigenvalue weighted by molar-refractivity contribution is 0.586. The molecule has 4 nitrogen and oxygen atoms in total. The van der Waals surface area contributed by atoms with E-state index in [1.54, 1.807) is 0 Å². The Hall–Kier alpha value is -1.46. The zero-order valence-corrected chi connectivity index (χ0v) is 12.8. The molecule has 0 saturated carbocycles. The second-order valence-corrected chi connectivity index (χ2v) is 6.47. The molecule has 3 rings (SSSR count). The number of aromatic nitrogens is 2. The summed E-state index contributed by atoms with van der Waals surface area (Å²) in [4.78, 5) is 12.8. The fraction of sp³-hybridized carbons (Fsp3) is 0.467. The van der Waals surface area contributed by atoms with Crippen LogP contribution in [0.5, 0.6) is 0 Å². The maximum absolute atomic E-state index is 4.52. The molecule has 0 saturated heterocycles. The molecule has 1 aliphatic rings. The second kappa shape index (κ2) is 5.89. The average molecular weight is 288 g/mol. The quantitative estimate of drug-likeness (QED) is 0.939. The third-order valence-electron chi connectivity index (χ3n) is 3.50. The first kappa shape index (κ1) is 13.5. The van der Waals surface area contributed by atoms with Crippen LogP contribution in [0.25, 0.3) is 0 Å². The molecule has 1 N–H and O–H groups in total. The summed E-state index contributed by atoms with van der Waals surface area (Å²) in [5.41, 5.74) is 2.56. The van der Waals surface area contributed by atoms with Crippen molar-refractivity contribution in [3.05, 3.63) is 39.8 Å². The normalized spacial score (nSPS) is 14.7. The zero-order valence-electron chi connectivity index (χ0n) is 12.0. The Labute approximate surface area is 123 Å². The van der Waals surface area contributed by atoms with Crippen LogP contribution >= 0.6 is 11.3 Å². The van der Waals surface area contributed by atoms with Gasteiger partial charge in [0.15, 0.2) is 0 Å². The predicted octanol–water partition coefficient (Wildman–Crippen LogP) is 2.60. The number of hydrogen-bond donors (Lipinski definition) is 1. The Morgan fingerprint density at radius 3 is 2.90 bits per heavy atom. The second-order valence-electron chi connectivity index (χ2n) is 5.47. The molecule has 0 unspecified atom stereocenters. The Morgan fingerprint density at radius 2 is 2.15 bits per heavy atom. The van der Waals surface area contributed by atoms with Crippen LogP contribution < -0.4 is 10.2 Å². The molecule has 0 atom stereocenters. The van der Waals surface area contributed by atoms with Gasteiger partial charge in [-0.2, -0.15) is 0 Å². The highest BCUT2D eigenvalue weighted by atomic mass is 32.1. The molecular formula is C15H20N4S. The van der Waals surface area contributed by atoms with Crippen LogP contribution in [0.3, 0.4) is 0 Å². The molecule has 0 bridgehead atoms. The third-order valence-corrected chi connectivity index (χ3v) is 4.52. The summed E-state index contributed by atoms with van der Waals surface area (Å²) < 4.78 is 0. The van der Waals surface area contributed by atoms with Crippen molar-refractivity contribution in [3.63, 3.8) is 0 Å². The number of nitrogens with one attached hydrogen (secondary N) is 1. The summed E-state index contributed by atoms with van der Waals surface area (Å²) in [6.45, 7) is 7.05. The summed E-state index contributed by atoms with van der Waals surface area (Å²) in [5, 5.41) is 5.55. The molecular weight excluding hydrogens is 268 g/mol. The zero-order chi connectivity index (χ0) is 13.9. The van der Waals surface area contributed by atoms with E-state index >= 15 is 0 Å². The Morgan fingerprint density at radius 1 is 1.35 bits per heavy atom. The van der Waals surface area contributed by atoms with Crippen LogP contribution in [0.1, 0.15) is 29.9 Å². The van der Waals surface area contributed by atoms with Gasteiger partial charge >= 0.3 is 0 Å². The van der Waals surface area contributed by atoms with Gasteiger partial charge in [-0.05, 0) is 23.4 Å². The molecule has 1 aliphatic heterocycles. The molecule has 20 heavy (non-hydrogen) atoms. The molecule has 0 spiro atoms. The van der Waals surface area contributed by atoms with Gasteiger partial charge in [-0.3, -0.25) is 0 Å². The van der Waals surface area contributed by atoms with Gasteiger partial charge in [-0.15, -0.1) is 11.3 Å². The van der Waals surface area contributed by atoms with Crippen molar-refractivity contribution in [2.24, 2.45) is 0 Å². The number of nitrogens with zero attached hydrogens (tertiary/aromatic N) is 3. The van der Waals surface area contributed by atoms with E-state index in [1.807, 2.05) is 23.7 Å². The molecule has 3 heterocycles. The van der Waals surface area contributed by atoms with Crippen LogP contribution in [-0.2, 0) is 19.5 Å². The highest BCUT2D eigenvalue weighted by molar-refractivity contribution is 7.10. The van der Waals surface area contributed by atoms with E-state index in [-0.39, 0.29) is 0 Å². The number of hydrogen-bond acceptors (Lipinski definition) is 5. The first-order chi connectivity index (χ1) is 9.72. The molecule has 2 aromatic rings. The number of rotatable bonds is 4. The average Bonchev–Trinajstić information content (AvgIpc) is 2.93. The monoisotopic (exact) mass is 288 g/mol. The number of thiophene rings is 1. The van der Waals surface area contributed by atoms with E-state index < -0.39 is 0 Å². The first-order valence-corrected chi connectivity index (χ1v) is 7.95. The van der Waals surface area contributed by atoms with Crippen LogP contribution in [-0.4, -0.2) is 22.6 Å². The van der Waals surface area contributed by atoms with Gasteiger partial charge < -0.3 is 10.2 Å². The molecule has 2 aromatic heterocycles. The van der Waals surface area contributed by atoms with E-state index in [1.165, 1.54) is 10.4 Å². The van der Waals surface area contributed by atoms with E-state index in [4.69, 9.17) is 0 Å². The summed E-state index contributed by atoms with van der Waals surface area (Å²) >= 11 is 1.86. The Kier molecular flexibility index (Phi) is 3.98. The van der Waals surface area contributed by atoms with Crippen molar-refractivity contribution < 1.29 is 0 Å². The molecule has 106 valence electrons.